The van der Waals surface area contributed by atoms with Crippen LogP contribution in [0.4, 0.5) is 0 Å². The SMILES string of the molecule is CC(C)CCCC=O.CCC. The summed E-state index contributed by atoms with van der Waals surface area (Å²) >= 11 is 0. The number of hydrogen-bond acceptors (Lipinski definition) is 1. The Labute approximate surface area is 71.2 Å². The number of aldehydes is 1. The highest BCUT2D eigenvalue weighted by molar-refractivity contribution is 5.48. The summed E-state index contributed by atoms with van der Waals surface area (Å²) in [7, 11) is 0. The van der Waals surface area contributed by atoms with Crippen LogP contribution in [-0.2, 0) is 4.79 Å². The quantitative estimate of drug-likeness (QED) is 0.452. The molecule has 0 aromatic rings. The van der Waals surface area contributed by atoms with Gasteiger partial charge in [0.15, 0.2) is 0 Å². The van der Waals surface area contributed by atoms with Gasteiger partial charge in [-0.25, -0.2) is 0 Å². The number of carbonyl (C=O) groups is 1. The summed E-state index contributed by atoms with van der Waals surface area (Å²) in [5.41, 5.74) is 0. The number of unbranched alkanes of at least 4 members (excludes halogenated alkanes) is 1. The third-order valence-electron chi connectivity index (χ3n) is 1.10. The van der Waals surface area contributed by atoms with Crippen LogP contribution in [0, 0.1) is 5.92 Å². The van der Waals surface area contributed by atoms with Gasteiger partial charge in [0, 0.05) is 6.42 Å². The van der Waals surface area contributed by atoms with Crippen LogP contribution in [-0.4, -0.2) is 6.29 Å². The fraction of sp³-hybridized carbons (Fsp3) is 0.900. The maximum absolute atomic E-state index is 9.79. The summed E-state index contributed by atoms with van der Waals surface area (Å²) in [6, 6.07) is 0. The van der Waals surface area contributed by atoms with E-state index in [0.717, 1.165) is 25.0 Å². The third kappa shape index (κ3) is 26.1. The molecule has 0 spiro atoms. The van der Waals surface area contributed by atoms with Gasteiger partial charge in [-0.1, -0.05) is 40.5 Å². The van der Waals surface area contributed by atoms with Crippen LogP contribution in [0.3, 0.4) is 0 Å². The highest BCUT2D eigenvalue weighted by Gasteiger charge is 1.90. The molecule has 11 heavy (non-hydrogen) atoms. The molecule has 0 radical (unpaired) electrons. The fourth-order valence-corrected chi connectivity index (χ4v) is 0.609. The molecule has 0 atom stereocenters. The van der Waals surface area contributed by atoms with Gasteiger partial charge >= 0.3 is 0 Å². The average molecular weight is 158 g/mol. The lowest BCUT2D eigenvalue weighted by molar-refractivity contribution is -0.107. The van der Waals surface area contributed by atoms with E-state index in [4.69, 9.17) is 0 Å². The molecule has 0 aliphatic carbocycles. The van der Waals surface area contributed by atoms with Gasteiger partial charge in [0.2, 0.25) is 0 Å². The average Bonchev–Trinajstić information content (AvgIpc) is 1.89. The van der Waals surface area contributed by atoms with E-state index in [1.54, 1.807) is 0 Å². The standard InChI is InChI=1S/C7H14O.C3H8/c1-7(2)5-3-4-6-8;1-3-2/h6-7H,3-5H2,1-2H3;3H2,1-2H3. The molecule has 1 nitrogen and oxygen atoms in total. The molecule has 68 valence electrons. The lowest BCUT2D eigenvalue weighted by Gasteiger charge is -1.98. The van der Waals surface area contributed by atoms with E-state index in [-0.39, 0.29) is 0 Å². The van der Waals surface area contributed by atoms with Crippen LogP contribution in [0.5, 0.6) is 0 Å². The zero-order valence-electron chi connectivity index (χ0n) is 8.39. The van der Waals surface area contributed by atoms with Gasteiger partial charge in [-0.15, -0.1) is 0 Å². The normalized spacial score (nSPS) is 8.82. The molecule has 0 N–H and O–H groups in total. The predicted molar refractivity (Wildman–Crippen MR) is 50.7 cm³/mol. The molecule has 0 fully saturated rings. The molecular weight excluding hydrogens is 136 g/mol. The molecule has 0 bridgehead atoms. The second kappa shape index (κ2) is 12.4. The number of rotatable bonds is 4. The first-order valence-corrected chi connectivity index (χ1v) is 4.62. The smallest absolute Gasteiger partial charge is 0.119 e. The maximum Gasteiger partial charge on any atom is 0.119 e. The summed E-state index contributed by atoms with van der Waals surface area (Å²) in [6.45, 7) is 8.59. The molecule has 0 amide bonds. The van der Waals surface area contributed by atoms with E-state index in [2.05, 4.69) is 27.7 Å². The van der Waals surface area contributed by atoms with Crippen molar-refractivity contribution in [2.45, 2.75) is 53.4 Å². The Kier molecular flexibility index (Phi) is 14.9. The highest BCUT2D eigenvalue weighted by atomic mass is 16.1. The van der Waals surface area contributed by atoms with Crippen LogP contribution in [0.1, 0.15) is 53.4 Å². The molecule has 0 saturated carbocycles. The first kappa shape index (κ1) is 13.3. The zero-order chi connectivity index (χ0) is 9.11. The van der Waals surface area contributed by atoms with E-state index >= 15 is 0 Å². The molecule has 0 aliphatic rings. The van der Waals surface area contributed by atoms with Crippen molar-refractivity contribution in [1.82, 2.24) is 0 Å². The first-order chi connectivity index (χ1) is 5.18. The van der Waals surface area contributed by atoms with Gasteiger partial charge in [-0.3, -0.25) is 0 Å². The van der Waals surface area contributed by atoms with Crippen molar-refractivity contribution in [3.05, 3.63) is 0 Å². The van der Waals surface area contributed by atoms with Gasteiger partial charge in [0.05, 0.1) is 0 Å². The molecule has 0 saturated heterocycles. The van der Waals surface area contributed by atoms with Crippen LogP contribution in [0.15, 0.2) is 0 Å². The van der Waals surface area contributed by atoms with E-state index < -0.39 is 0 Å². The molecule has 0 aliphatic heterocycles. The topological polar surface area (TPSA) is 17.1 Å². The first-order valence-electron chi connectivity index (χ1n) is 4.62. The minimum Gasteiger partial charge on any atom is -0.303 e. The Hall–Kier alpha value is -0.330. The van der Waals surface area contributed by atoms with Gasteiger partial charge in [0.25, 0.3) is 0 Å². The lowest BCUT2D eigenvalue weighted by atomic mass is 10.1. The van der Waals surface area contributed by atoms with Crippen LogP contribution in [0.2, 0.25) is 0 Å². The van der Waals surface area contributed by atoms with E-state index in [1.165, 1.54) is 12.8 Å². The lowest BCUT2D eigenvalue weighted by Crippen LogP contribution is -1.86. The highest BCUT2D eigenvalue weighted by Crippen LogP contribution is 2.03. The zero-order valence-corrected chi connectivity index (χ0v) is 8.39. The Bertz CT molecular complexity index is 67.3. The van der Waals surface area contributed by atoms with Gasteiger partial charge < -0.3 is 4.79 Å². The van der Waals surface area contributed by atoms with E-state index in [9.17, 15) is 4.79 Å². The van der Waals surface area contributed by atoms with Gasteiger partial charge in [-0.05, 0) is 12.3 Å². The summed E-state index contributed by atoms with van der Waals surface area (Å²) < 4.78 is 0. The summed E-state index contributed by atoms with van der Waals surface area (Å²) in [6.07, 6.45) is 5.21. The van der Waals surface area contributed by atoms with Crippen molar-refractivity contribution in [3.63, 3.8) is 0 Å². The number of carbonyl (C=O) groups excluding carboxylic acids is 1. The monoisotopic (exact) mass is 158 g/mol. The Morgan fingerprint density at radius 1 is 1.27 bits per heavy atom. The predicted octanol–water partition coefficient (Wildman–Crippen LogP) is 3.43. The molecule has 0 unspecified atom stereocenters. The molecule has 0 heterocycles. The van der Waals surface area contributed by atoms with Crippen LogP contribution < -0.4 is 0 Å². The van der Waals surface area contributed by atoms with Crippen LogP contribution >= 0.6 is 0 Å². The van der Waals surface area contributed by atoms with Crippen LogP contribution in [0.25, 0.3) is 0 Å². The largest absolute Gasteiger partial charge is 0.303 e. The Morgan fingerprint density at radius 3 is 2.00 bits per heavy atom. The second-order valence-electron chi connectivity index (χ2n) is 3.20. The van der Waals surface area contributed by atoms with E-state index in [0.29, 0.717) is 0 Å². The third-order valence-corrected chi connectivity index (χ3v) is 1.10. The molecular formula is C10H22O. The van der Waals surface area contributed by atoms with Crippen molar-refractivity contribution in [1.29, 1.82) is 0 Å². The molecule has 0 aromatic carbocycles. The van der Waals surface area contributed by atoms with Crippen molar-refractivity contribution in [2.24, 2.45) is 5.92 Å². The number of hydrogen-bond donors (Lipinski definition) is 0. The summed E-state index contributed by atoms with van der Waals surface area (Å²) in [5, 5.41) is 0. The molecule has 0 rings (SSSR count). The van der Waals surface area contributed by atoms with Gasteiger partial charge in [-0.2, -0.15) is 0 Å². The van der Waals surface area contributed by atoms with Crippen molar-refractivity contribution < 1.29 is 4.79 Å². The van der Waals surface area contributed by atoms with Crippen molar-refractivity contribution in [3.8, 4) is 0 Å². The molecule has 0 aromatic heterocycles. The Morgan fingerprint density at radius 2 is 1.73 bits per heavy atom. The maximum atomic E-state index is 9.79. The summed E-state index contributed by atoms with van der Waals surface area (Å²) in [4.78, 5) is 9.79. The second-order valence-corrected chi connectivity index (χ2v) is 3.20. The van der Waals surface area contributed by atoms with Gasteiger partial charge in [0.1, 0.15) is 6.29 Å². The Balaban J connectivity index is 0. The minimum absolute atomic E-state index is 0.734. The van der Waals surface area contributed by atoms with E-state index in [1.807, 2.05) is 0 Å². The minimum atomic E-state index is 0.734. The summed E-state index contributed by atoms with van der Waals surface area (Å²) in [5.74, 6) is 0.745. The molecule has 1 heteroatoms. The fourth-order valence-electron chi connectivity index (χ4n) is 0.609. The van der Waals surface area contributed by atoms with Crippen molar-refractivity contribution in [2.75, 3.05) is 0 Å². The van der Waals surface area contributed by atoms with Crippen molar-refractivity contribution >= 4 is 6.29 Å².